The molecule has 0 aliphatic carbocycles. The van der Waals surface area contributed by atoms with E-state index >= 15 is 0 Å². The highest BCUT2D eigenvalue weighted by Gasteiger charge is 2.48. The van der Waals surface area contributed by atoms with Crippen LogP contribution in [0.25, 0.3) is 0 Å². The minimum Gasteiger partial charge on any atom is -0.497 e. The summed E-state index contributed by atoms with van der Waals surface area (Å²) in [7, 11) is 1.66. The molecule has 2 aliphatic heterocycles. The normalized spacial score (nSPS) is 23.8. The third-order valence-electron chi connectivity index (χ3n) is 6.07. The van der Waals surface area contributed by atoms with Gasteiger partial charge >= 0.3 is 0 Å². The van der Waals surface area contributed by atoms with Crippen LogP contribution >= 0.6 is 0 Å². The molecular weight excluding hydrogens is 354 g/mol. The van der Waals surface area contributed by atoms with Gasteiger partial charge in [0.25, 0.3) is 0 Å². The third-order valence-corrected chi connectivity index (χ3v) is 6.07. The Bertz CT molecular complexity index is 870. The number of nitrogens with zero attached hydrogens (tertiary/aromatic N) is 4. The van der Waals surface area contributed by atoms with Crippen molar-refractivity contribution in [1.29, 1.82) is 0 Å². The van der Waals surface area contributed by atoms with Gasteiger partial charge in [-0.15, -0.1) is 0 Å². The Hall–Kier alpha value is -2.83. The zero-order chi connectivity index (χ0) is 19.8. The van der Waals surface area contributed by atoms with Crippen molar-refractivity contribution >= 4 is 17.7 Å². The van der Waals surface area contributed by atoms with Gasteiger partial charge in [0.15, 0.2) is 0 Å². The molecule has 3 heterocycles. The summed E-state index contributed by atoms with van der Waals surface area (Å²) in [5, 5.41) is 0. The van der Waals surface area contributed by atoms with Crippen LogP contribution in [0, 0.1) is 11.8 Å². The van der Waals surface area contributed by atoms with Gasteiger partial charge in [-0.1, -0.05) is 19.1 Å². The minimum atomic E-state index is 0.0719. The number of likely N-dealkylation sites (tertiary alicyclic amines) is 1. The monoisotopic (exact) mass is 381 g/mol. The third kappa shape index (κ3) is 3.15. The van der Waals surface area contributed by atoms with Crippen LogP contribution < -0.4 is 15.4 Å². The SMILES string of the molecule is CCc1cnc(N)nc1N1C[C@@H]2CN(C(C)=O)[C@@H](c3ccc(OC)cc3)[C@@H]2C1. The molecule has 0 unspecified atom stereocenters. The molecule has 2 aliphatic rings. The molecule has 148 valence electrons. The summed E-state index contributed by atoms with van der Waals surface area (Å²) in [6, 6.07) is 8.15. The van der Waals surface area contributed by atoms with E-state index in [2.05, 4.69) is 33.9 Å². The van der Waals surface area contributed by atoms with E-state index in [0.717, 1.165) is 48.7 Å². The van der Waals surface area contributed by atoms with Crippen molar-refractivity contribution in [2.75, 3.05) is 37.4 Å². The summed E-state index contributed by atoms with van der Waals surface area (Å²) in [6.45, 7) is 6.27. The lowest BCUT2D eigenvalue weighted by Crippen LogP contribution is -2.34. The first-order chi connectivity index (χ1) is 13.5. The highest BCUT2D eigenvalue weighted by molar-refractivity contribution is 5.74. The zero-order valence-electron chi connectivity index (χ0n) is 16.6. The van der Waals surface area contributed by atoms with Gasteiger partial charge in [-0.2, -0.15) is 4.98 Å². The van der Waals surface area contributed by atoms with E-state index in [4.69, 9.17) is 10.5 Å². The lowest BCUT2D eigenvalue weighted by atomic mass is 9.89. The second-order valence-corrected chi connectivity index (χ2v) is 7.65. The number of aromatic nitrogens is 2. The molecule has 2 fully saturated rings. The predicted octanol–water partition coefficient (Wildman–Crippen LogP) is 2.29. The van der Waals surface area contributed by atoms with Gasteiger partial charge < -0.3 is 20.3 Å². The van der Waals surface area contributed by atoms with Crippen molar-refractivity contribution in [2.45, 2.75) is 26.3 Å². The molecule has 7 nitrogen and oxygen atoms in total. The van der Waals surface area contributed by atoms with Crippen LogP contribution in [0.1, 0.15) is 31.0 Å². The van der Waals surface area contributed by atoms with Crippen LogP contribution in [-0.4, -0.2) is 47.5 Å². The average Bonchev–Trinajstić information content (AvgIpc) is 3.26. The minimum absolute atomic E-state index is 0.0719. The molecule has 4 rings (SSSR count). The maximum absolute atomic E-state index is 12.3. The molecule has 3 atom stereocenters. The number of ether oxygens (including phenoxy) is 1. The molecule has 0 spiro atoms. The highest BCUT2D eigenvalue weighted by Crippen LogP contribution is 2.46. The maximum Gasteiger partial charge on any atom is 0.221 e. The van der Waals surface area contributed by atoms with Crippen LogP contribution in [0.2, 0.25) is 0 Å². The zero-order valence-corrected chi connectivity index (χ0v) is 16.6. The smallest absolute Gasteiger partial charge is 0.221 e. The molecule has 7 heteroatoms. The van der Waals surface area contributed by atoms with Gasteiger partial charge in [0, 0.05) is 50.2 Å². The molecule has 28 heavy (non-hydrogen) atoms. The van der Waals surface area contributed by atoms with Crippen molar-refractivity contribution in [3.8, 4) is 5.75 Å². The largest absolute Gasteiger partial charge is 0.497 e. The van der Waals surface area contributed by atoms with E-state index in [9.17, 15) is 4.79 Å². The summed E-state index contributed by atoms with van der Waals surface area (Å²) in [5.74, 6) is 2.97. The van der Waals surface area contributed by atoms with E-state index in [1.807, 2.05) is 23.2 Å². The molecule has 1 aromatic carbocycles. The first-order valence-corrected chi connectivity index (χ1v) is 9.79. The van der Waals surface area contributed by atoms with Crippen LogP contribution in [-0.2, 0) is 11.2 Å². The summed E-state index contributed by atoms with van der Waals surface area (Å²) in [6.07, 6.45) is 2.69. The number of benzene rings is 1. The van der Waals surface area contributed by atoms with Crippen LogP contribution in [0.15, 0.2) is 30.5 Å². The number of rotatable bonds is 4. The lowest BCUT2D eigenvalue weighted by molar-refractivity contribution is -0.130. The highest BCUT2D eigenvalue weighted by atomic mass is 16.5. The number of carbonyl (C=O) groups excluding carboxylic acids is 1. The summed E-state index contributed by atoms with van der Waals surface area (Å²) >= 11 is 0. The number of amides is 1. The fourth-order valence-corrected chi connectivity index (χ4v) is 4.70. The van der Waals surface area contributed by atoms with Crippen LogP contribution in [0.5, 0.6) is 5.75 Å². The second kappa shape index (κ2) is 7.30. The van der Waals surface area contributed by atoms with Crippen molar-refractivity contribution in [1.82, 2.24) is 14.9 Å². The predicted molar refractivity (Wildman–Crippen MR) is 108 cm³/mol. The number of fused-ring (bicyclic) bond motifs is 1. The Labute approximate surface area is 165 Å². The van der Waals surface area contributed by atoms with Crippen LogP contribution in [0.4, 0.5) is 11.8 Å². The number of methoxy groups -OCH3 is 1. The topological polar surface area (TPSA) is 84.6 Å². The Morgan fingerprint density at radius 2 is 2.00 bits per heavy atom. The van der Waals surface area contributed by atoms with E-state index in [1.165, 1.54) is 0 Å². The Morgan fingerprint density at radius 1 is 1.25 bits per heavy atom. The summed E-state index contributed by atoms with van der Waals surface area (Å²) in [5.41, 5.74) is 8.13. The maximum atomic E-state index is 12.3. The first-order valence-electron chi connectivity index (χ1n) is 9.79. The Kier molecular flexibility index (Phi) is 4.83. The van der Waals surface area contributed by atoms with Gasteiger partial charge in [-0.3, -0.25) is 4.79 Å². The molecular formula is C21H27N5O2. The van der Waals surface area contributed by atoms with E-state index in [-0.39, 0.29) is 11.9 Å². The van der Waals surface area contributed by atoms with Crippen molar-refractivity contribution in [2.24, 2.45) is 11.8 Å². The number of nitrogen functional groups attached to an aromatic ring is 1. The summed E-state index contributed by atoms with van der Waals surface area (Å²) < 4.78 is 5.29. The summed E-state index contributed by atoms with van der Waals surface area (Å²) in [4.78, 5) is 25.3. The Morgan fingerprint density at radius 3 is 2.64 bits per heavy atom. The molecule has 2 N–H and O–H groups in total. The number of anilines is 2. The molecule has 0 saturated carbocycles. The number of carbonyl (C=O) groups is 1. The lowest BCUT2D eigenvalue weighted by Gasteiger charge is -2.30. The quantitative estimate of drug-likeness (QED) is 0.875. The molecule has 1 amide bonds. The van der Waals surface area contributed by atoms with Crippen molar-refractivity contribution in [3.63, 3.8) is 0 Å². The molecule has 1 aromatic heterocycles. The molecule has 0 radical (unpaired) electrons. The molecule has 2 saturated heterocycles. The van der Waals surface area contributed by atoms with Crippen molar-refractivity contribution < 1.29 is 9.53 Å². The standard InChI is InChI=1S/C21H27N5O2/c1-4-14-9-23-21(22)24-20(14)25-10-16-11-26(13(2)27)19(18(16)12-25)15-5-7-17(28-3)8-6-15/h5-9,16,18-19H,4,10-12H2,1-3H3,(H2,22,23,24)/t16-,18-,19+/m1/s1. The van der Waals surface area contributed by atoms with Crippen LogP contribution in [0.3, 0.4) is 0 Å². The number of hydrogen-bond donors (Lipinski definition) is 1. The first kappa shape index (κ1) is 18.5. The van der Waals surface area contributed by atoms with Gasteiger partial charge in [-0.25, -0.2) is 4.98 Å². The van der Waals surface area contributed by atoms with Crippen molar-refractivity contribution in [3.05, 3.63) is 41.6 Å². The van der Waals surface area contributed by atoms with Gasteiger partial charge in [-0.05, 0) is 24.1 Å². The van der Waals surface area contributed by atoms with Gasteiger partial charge in [0.2, 0.25) is 11.9 Å². The van der Waals surface area contributed by atoms with Gasteiger partial charge in [0.1, 0.15) is 11.6 Å². The molecule has 2 aromatic rings. The number of hydrogen-bond acceptors (Lipinski definition) is 6. The number of nitrogens with two attached hydrogens (primary N) is 1. The van der Waals surface area contributed by atoms with E-state index < -0.39 is 0 Å². The fourth-order valence-electron chi connectivity index (χ4n) is 4.70. The van der Waals surface area contributed by atoms with E-state index in [1.54, 1.807) is 14.0 Å². The van der Waals surface area contributed by atoms with Gasteiger partial charge in [0.05, 0.1) is 13.2 Å². The second-order valence-electron chi connectivity index (χ2n) is 7.65. The van der Waals surface area contributed by atoms with E-state index in [0.29, 0.717) is 17.8 Å². The molecule has 0 bridgehead atoms. The number of aryl methyl sites for hydroxylation is 1. The fraction of sp³-hybridized carbons (Fsp3) is 0.476. The Balaban J connectivity index is 1.64. The average molecular weight is 381 g/mol.